The van der Waals surface area contributed by atoms with Gasteiger partial charge in [0, 0.05) is 54.8 Å². The molecule has 0 N–H and O–H groups in total. The standard InChI is InChI=1S/C51H35N3/c1-51(2)43-20-10-6-16-35(43)39-30-42-38-19-9-13-23-47(38)54(50(42)31-44(39)51)34-25-27-49-41(29-34)37-18-8-12-22-46(37)53(49)33-24-26-48-40(28-33)36-17-7-11-21-45(36)52(48)32-14-4-3-5-15-32/h3-31H,1-2H3. The van der Waals surface area contributed by atoms with Crippen molar-refractivity contribution in [2.45, 2.75) is 19.3 Å². The number of hydrogen-bond acceptors (Lipinski definition) is 0. The van der Waals surface area contributed by atoms with Crippen LogP contribution in [0.25, 0.3) is 93.6 Å². The fraction of sp³-hybridized carbons (Fsp3) is 0.0588. The first kappa shape index (κ1) is 29.7. The van der Waals surface area contributed by atoms with Gasteiger partial charge >= 0.3 is 0 Å². The largest absolute Gasteiger partial charge is 0.309 e. The van der Waals surface area contributed by atoms with Crippen molar-refractivity contribution < 1.29 is 0 Å². The molecule has 12 rings (SSSR count). The molecule has 0 spiro atoms. The summed E-state index contributed by atoms with van der Waals surface area (Å²) in [6, 6.07) is 65.1. The molecule has 0 unspecified atom stereocenters. The molecule has 0 saturated carbocycles. The predicted octanol–water partition coefficient (Wildman–Crippen LogP) is 13.3. The van der Waals surface area contributed by atoms with Crippen molar-refractivity contribution in [3.8, 4) is 28.2 Å². The van der Waals surface area contributed by atoms with E-state index in [0.717, 1.165) is 5.69 Å². The van der Waals surface area contributed by atoms with Crippen LogP contribution < -0.4 is 0 Å². The van der Waals surface area contributed by atoms with Gasteiger partial charge in [0.1, 0.15) is 0 Å². The average Bonchev–Trinajstić information content (AvgIpc) is 3.91. The van der Waals surface area contributed by atoms with E-state index in [9.17, 15) is 0 Å². The second-order valence-electron chi connectivity index (χ2n) is 15.4. The first-order chi connectivity index (χ1) is 26.6. The molecule has 0 amide bonds. The highest BCUT2D eigenvalue weighted by atomic mass is 15.0. The van der Waals surface area contributed by atoms with Gasteiger partial charge < -0.3 is 13.7 Å². The normalized spacial score (nSPS) is 13.5. The molecule has 0 fully saturated rings. The lowest BCUT2D eigenvalue weighted by atomic mass is 9.82. The summed E-state index contributed by atoms with van der Waals surface area (Å²) in [6.45, 7) is 4.74. The second kappa shape index (κ2) is 10.6. The summed E-state index contributed by atoms with van der Waals surface area (Å²) < 4.78 is 7.31. The lowest BCUT2D eigenvalue weighted by Crippen LogP contribution is -2.14. The van der Waals surface area contributed by atoms with Crippen LogP contribution in [0, 0.1) is 0 Å². The van der Waals surface area contributed by atoms with Gasteiger partial charge in [0.15, 0.2) is 0 Å². The minimum absolute atomic E-state index is 0.0761. The zero-order chi connectivity index (χ0) is 35.7. The van der Waals surface area contributed by atoms with Gasteiger partial charge in [-0.2, -0.15) is 0 Å². The topological polar surface area (TPSA) is 14.8 Å². The molecular weight excluding hydrogens is 655 g/mol. The van der Waals surface area contributed by atoms with Crippen LogP contribution >= 0.6 is 0 Å². The molecule has 0 radical (unpaired) electrons. The molecule has 0 atom stereocenters. The molecule has 1 aliphatic carbocycles. The van der Waals surface area contributed by atoms with Crippen molar-refractivity contribution in [3.05, 3.63) is 187 Å². The van der Waals surface area contributed by atoms with Crippen LogP contribution in [0.4, 0.5) is 0 Å². The molecule has 11 aromatic rings. The van der Waals surface area contributed by atoms with Gasteiger partial charge in [-0.3, -0.25) is 0 Å². The number of para-hydroxylation sites is 4. The number of aromatic nitrogens is 3. The molecular formula is C51H35N3. The summed E-state index contributed by atoms with van der Waals surface area (Å²) >= 11 is 0. The Labute approximate surface area is 312 Å². The Morgan fingerprint density at radius 2 is 0.741 bits per heavy atom. The summed E-state index contributed by atoms with van der Waals surface area (Å²) in [5, 5.41) is 7.57. The monoisotopic (exact) mass is 689 g/mol. The number of benzene rings is 8. The number of rotatable bonds is 3. The van der Waals surface area contributed by atoms with Crippen LogP contribution in [0.2, 0.25) is 0 Å². The predicted molar refractivity (Wildman–Crippen MR) is 227 cm³/mol. The Balaban J connectivity index is 1.10. The molecule has 0 bridgehead atoms. The Bertz CT molecular complexity index is 3350. The molecule has 0 aliphatic heterocycles. The van der Waals surface area contributed by atoms with Crippen LogP contribution in [-0.4, -0.2) is 13.7 Å². The Morgan fingerprint density at radius 1 is 0.296 bits per heavy atom. The summed E-state index contributed by atoms with van der Waals surface area (Å²) in [5.41, 5.74) is 16.2. The molecule has 254 valence electrons. The fourth-order valence-electron chi connectivity index (χ4n) is 9.77. The van der Waals surface area contributed by atoms with Crippen LogP contribution in [0.15, 0.2) is 176 Å². The highest BCUT2D eigenvalue weighted by molar-refractivity contribution is 6.14. The van der Waals surface area contributed by atoms with Crippen LogP contribution in [0.5, 0.6) is 0 Å². The lowest BCUT2D eigenvalue weighted by Gasteiger charge is -2.21. The van der Waals surface area contributed by atoms with Crippen LogP contribution in [-0.2, 0) is 5.41 Å². The SMILES string of the molecule is CC1(C)c2ccccc2-c2cc3c4ccccc4n(-c4ccc5c(c4)c4ccccc4n5-c4ccc5c(c4)c4ccccc4n5-c4ccccc4)c3cc21. The van der Waals surface area contributed by atoms with E-state index < -0.39 is 0 Å². The maximum atomic E-state index is 2.49. The van der Waals surface area contributed by atoms with E-state index in [-0.39, 0.29) is 5.41 Å². The maximum Gasteiger partial charge on any atom is 0.0544 e. The van der Waals surface area contributed by atoms with Gasteiger partial charge in [-0.15, -0.1) is 0 Å². The summed E-state index contributed by atoms with van der Waals surface area (Å²) in [7, 11) is 0. The molecule has 8 aromatic carbocycles. The Kier molecular flexibility index (Phi) is 5.84. The molecule has 3 heterocycles. The number of hydrogen-bond donors (Lipinski definition) is 0. The lowest BCUT2D eigenvalue weighted by molar-refractivity contribution is 0.661. The third kappa shape index (κ3) is 3.85. The van der Waals surface area contributed by atoms with Gasteiger partial charge in [-0.1, -0.05) is 111 Å². The molecule has 3 heteroatoms. The van der Waals surface area contributed by atoms with Crippen molar-refractivity contribution in [2.75, 3.05) is 0 Å². The van der Waals surface area contributed by atoms with E-state index in [1.807, 2.05) is 0 Å². The summed E-state index contributed by atoms with van der Waals surface area (Å²) in [4.78, 5) is 0. The third-order valence-electron chi connectivity index (χ3n) is 12.2. The van der Waals surface area contributed by atoms with Gasteiger partial charge in [0.25, 0.3) is 0 Å². The van der Waals surface area contributed by atoms with Gasteiger partial charge in [-0.05, 0) is 101 Å². The Morgan fingerprint density at radius 3 is 1.33 bits per heavy atom. The minimum Gasteiger partial charge on any atom is -0.309 e. The maximum absolute atomic E-state index is 2.49. The van der Waals surface area contributed by atoms with Gasteiger partial charge in [-0.25, -0.2) is 0 Å². The van der Waals surface area contributed by atoms with Crippen molar-refractivity contribution in [3.63, 3.8) is 0 Å². The first-order valence-corrected chi connectivity index (χ1v) is 18.9. The average molecular weight is 690 g/mol. The fourth-order valence-corrected chi connectivity index (χ4v) is 9.77. The van der Waals surface area contributed by atoms with E-state index in [0.29, 0.717) is 0 Å². The van der Waals surface area contributed by atoms with E-state index >= 15 is 0 Å². The van der Waals surface area contributed by atoms with E-state index in [2.05, 4.69) is 203 Å². The molecule has 3 aromatic heterocycles. The Hall–Kier alpha value is -6.84. The van der Waals surface area contributed by atoms with Crippen molar-refractivity contribution >= 4 is 65.4 Å². The van der Waals surface area contributed by atoms with Crippen LogP contribution in [0.1, 0.15) is 25.0 Å². The molecule has 0 saturated heterocycles. The minimum atomic E-state index is -0.0761. The zero-order valence-corrected chi connectivity index (χ0v) is 30.1. The molecule has 1 aliphatic rings. The van der Waals surface area contributed by atoms with Crippen LogP contribution in [0.3, 0.4) is 0 Å². The summed E-state index contributed by atoms with van der Waals surface area (Å²) in [6.07, 6.45) is 0. The third-order valence-corrected chi connectivity index (χ3v) is 12.2. The first-order valence-electron chi connectivity index (χ1n) is 18.9. The van der Waals surface area contributed by atoms with E-state index in [4.69, 9.17) is 0 Å². The molecule has 54 heavy (non-hydrogen) atoms. The quantitative estimate of drug-likeness (QED) is 0.175. The zero-order valence-electron chi connectivity index (χ0n) is 30.1. The highest BCUT2D eigenvalue weighted by Crippen LogP contribution is 2.51. The van der Waals surface area contributed by atoms with Crippen molar-refractivity contribution in [1.29, 1.82) is 0 Å². The number of nitrogens with zero attached hydrogens (tertiary/aromatic N) is 3. The molecule has 3 nitrogen and oxygen atoms in total. The van der Waals surface area contributed by atoms with Crippen molar-refractivity contribution in [2.24, 2.45) is 0 Å². The van der Waals surface area contributed by atoms with E-state index in [1.54, 1.807) is 0 Å². The second-order valence-corrected chi connectivity index (χ2v) is 15.4. The van der Waals surface area contributed by atoms with E-state index in [1.165, 1.54) is 99.0 Å². The smallest absolute Gasteiger partial charge is 0.0544 e. The van der Waals surface area contributed by atoms with Gasteiger partial charge in [0.05, 0.1) is 33.1 Å². The van der Waals surface area contributed by atoms with Gasteiger partial charge in [0.2, 0.25) is 0 Å². The summed E-state index contributed by atoms with van der Waals surface area (Å²) in [5.74, 6) is 0. The van der Waals surface area contributed by atoms with Crippen molar-refractivity contribution in [1.82, 2.24) is 13.7 Å². The number of fused-ring (bicyclic) bond motifs is 12. The highest BCUT2D eigenvalue weighted by Gasteiger charge is 2.36.